The third kappa shape index (κ3) is 2.59. The Balaban J connectivity index is 3.20. The minimum absolute atomic E-state index is 0.132. The molecule has 0 amide bonds. The minimum atomic E-state index is -0.726. The summed E-state index contributed by atoms with van der Waals surface area (Å²) in [5.41, 5.74) is 6.90. The zero-order valence-corrected chi connectivity index (χ0v) is 10.5. The van der Waals surface area contributed by atoms with Crippen LogP contribution in [0, 0.1) is 0 Å². The molecule has 0 radical (unpaired) electrons. The van der Waals surface area contributed by atoms with Crippen LogP contribution in [0.15, 0.2) is 21.1 Å². The molecule has 0 saturated heterocycles. The van der Waals surface area contributed by atoms with E-state index in [-0.39, 0.29) is 5.88 Å². The second-order valence-corrected chi connectivity index (χ2v) is 4.64. The number of halogens is 3. The van der Waals surface area contributed by atoms with Crippen LogP contribution in [-0.4, -0.2) is 11.0 Å². The number of aliphatic hydroxyl groups excluding tert-OH is 1. The Hall–Kier alpha value is 0.230. The molecule has 0 spiro atoms. The summed E-state index contributed by atoms with van der Waals surface area (Å²) in [7, 11) is 0. The summed E-state index contributed by atoms with van der Waals surface area (Å²) in [6.45, 7) is 0. The molecule has 72 valence electrons. The van der Waals surface area contributed by atoms with Crippen LogP contribution in [0.4, 0.5) is 5.69 Å². The summed E-state index contributed by atoms with van der Waals surface area (Å²) < 4.78 is 1.61. The van der Waals surface area contributed by atoms with Gasteiger partial charge in [0.1, 0.15) is 0 Å². The predicted octanol–water partition coefficient (Wildman–Crippen LogP) is 3.07. The molecule has 1 aromatic rings. The Morgan fingerprint density at radius 1 is 1.46 bits per heavy atom. The number of hydrogen-bond acceptors (Lipinski definition) is 2. The summed E-state index contributed by atoms with van der Waals surface area (Å²) in [6.07, 6.45) is -0.726. The standard InChI is InChI=1S/C8H8Br2ClNO/c9-4-1-5(7(13)3-11)8(12)6(10)2-4/h1-2,7,13H,3,12H2/t7-/m0/s1. The van der Waals surface area contributed by atoms with E-state index < -0.39 is 6.10 Å². The van der Waals surface area contributed by atoms with Crippen LogP contribution in [0.3, 0.4) is 0 Å². The predicted molar refractivity (Wildman–Crippen MR) is 61.9 cm³/mol. The van der Waals surface area contributed by atoms with E-state index in [0.717, 1.165) is 8.95 Å². The van der Waals surface area contributed by atoms with Crippen molar-refractivity contribution >= 4 is 49.1 Å². The Morgan fingerprint density at radius 3 is 2.62 bits per heavy atom. The molecular weight excluding hydrogens is 321 g/mol. The quantitative estimate of drug-likeness (QED) is 0.647. The summed E-state index contributed by atoms with van der Waals surface area (Å²) >= 11 is 12.1. The number of alkyl halides is 1. The van der Waals surface area contributed by atoms with Gasteiger partial charge >= 0.3 is 0 Å². The van der Waals surface area contributed by atoms with Gasteiger partial charge in [0.25, 0.3) is 0 Å². The Morgan fingerprint density at radius 2 is 2.08 bits per heavy atom. The van der Waals surface area contributed by atoms with Crippen LogP contribution in [-0.2, 0) is 0 Å². The molecule has 1 aromatic carbocycles. The van der Waals surface area contributed by atoms with Crippen LogP contribution in [0.5, 0.6) is 0 Å². The molecule has 0 unspecified atom stereocenters. The number of benzene rings is 1. The number of hydrogen-bond donors (Lipinski definition) is 2. The van der Waals surface area contributed by atoms with Crippen LogP contribution in [0.25, 0.3) is 0 Å². The van der Waals surface area contributed by atoms with Crippen molar-refractivity contribution in [1.82, 2.24) is 0 Å². The van der Waals surface area contributed by atoms with Crippen LogP contribution >= 0.6 is 43.5 Å². The first kappa shape index (κ1) is 11.3. The van der Waals surface area contributed by atoms with Gasteiger partial charge in [0.05, 0.1) is 17.7 Å². The maximum absolute atomic E-state index is 9.51. The molecule has 0 saturated carbocycles. The van der Waals surface area contributed by atoms with Gasteiger partial charge in [-0.3, -0.25) is 0 Å². The van der Waals surface area contributed by atoms with Gasteiger partial charge in [-0.15, -0.1) is 11.6 Å². The van der Waals surface area contributed by atoms with Crippen LogP contribution in [0.2, 0.25) is 0 Å². The van der Waals surface area contributed by atoms with E-state index in [1.807, 2.05) is 6.07 Å². The first-order valence-corrected chi connectivity index (χ1v) is 5.66. The molecule has 0 aliphatic heterocycles. The number of aliphatic hydroxyl groups is 1. The van der Waals surface area contributed by atoms with Gasteiger partial charge in [0.2, 0.25) is 0 Å². The number of nitrogens with two attached hydrogens (primary N) is 1. The second-order valence-electron chi connectivity index (χ2n) is 2.56. The van der Waals surface area contributed by atoms with Gasteiger partial charge in [0.15, 0.2) is 0 Å². The van der Waals surface area contributed by atoms with E-state index in [1.54, 1.807) is 6.07 Å². The molecule has 3 N–H and O–H groups in total. The lowest BCUT2D eigenvalue weighted by Crippen LogP contribution is -2.04. The Kier molecular flexibility index (Phi) is 4.04. The molecule has 1 atom stereocenters. The SMILES string of the molecule is Nc1c(Br)cc(Br)cc1[C@@H](O)CCl. The molecule has 0 aromatic heterocycles. The summed E-state index contributed by atoms with van der Waals surface area (Å²) in [5, 5.41) is 9.51. The fraction of sp³-hybridized carbons (Fsp3) is 0.250. The van der Waals surface area contributed by atoms with Crippen molar-refractivity contribution in [2.75, 3.05) is 11.6 Å². The topological polar surface area (TPSA) is 46.2 Å². The van der Waals surface area contributed by atoms with Crippen molar-refractivity contribution in [3.05, 3.63) is 26.6 Å². The highest BCUT2D eigenvalue weighted by molar-refractivity contribution is 9.11. The average molecular weight is 329 g/mol. The lowest BCUT2D eigenvalue weighted by Gasteiger charge is -2.12. The van der Waals surface area contributed by atoms with Gasteiger partial charge < -0.3 is 10.8 Å². The molecule has 2 nitrogen and oxygen atoms in total. The summed E-state index contributed by atoms with van der Waals surface area (Å²) in [4.78, 5) is 0. The smallest absolute Gasteiger partial charge is 0.0945 e. The van der Waals surface area contributed by atoms with Gasteiger partial charge in [0, 0.05) is 14.5 Å². The lowest BCUT2D eigenvalue weighted by molar-refractivity contribution is 0.203. The zero-order chi connectivity index (χ0) is 10.0. The molecule has 0 aliphatic carbocycles. The normalized spacial score (nSPS) is 12.9. The van der Waals surface area contributed by atoms with Crippen LogP contribution in [0.1, 0.15) is 11.7 Å². The fourth-order valence-corrected chi connectivity index (χ4v) is 2.39. The van der Waals surface area contributed by atoms with E-state index in [2.05, 4.69) is 31.9 Å². The van der Waals surface area contributed by atoms with Crippen molar-refractivity contribution in [1.29, 1.82) is 0 Å². The highest BCUT2D eigenvalue weighted by Crippen LogP contribution is 2.32. The molecule has 0 bridgehead atoms. The van der Waals surface area contributed by atoms with Crippen LogP contribution < -0.4 is 5.73 Å². The van der Waals surface area contributed by atoms with Gasteiger partial charge in [-0.05, 0) is 28.1 Å². The van der Waals surface area contributed by atoms with E-state index in [4.69, 9.17) is 17.3 Å². The van der Waals surface area contributed by atoms with Gasteiger partial charge in [-0.25, -0.2) is 0 Å². The average Bonchev–Trinajstić information content (AvgIpc) is 2.10. The Labute approximate surface area is 98.3 Å². The maximum Gasteiger partial charge on any atom is 0.0945 e. The number of rotatable bonds is 2. The lowest BCUT2D eigenvalue weighted by atomic mass is 10.1. The highest BCUT2D eigenvalue weighted by atomic mass is 79.9. The van der Waals surface area contributed by atoms with Crippen molar-refractivity contribution in [2.24, 2.45) is 0 Å². The molecular formula is C8H8Br2ClNO. The Bertz CT molecular complexity index is 319. The third-order valence-electron chi connectivity index (χ3n) is 1.63. The molecule has 0 fully saturated rings. The van der Waals surface area contributed by atoms with E-state index in [1.165, 1.54) is 0 Å². The van der Waals surface area contributed by atoms with E-state index in [0.29, 0.717) is 11.3 Å². The van der Waals surface area contributed by atoms with Crippen molar-refractivity contribution in [3.8, 4) is 0 Å². The number of anilines is 1. The zero-order valence-electron chi connectivity index (χ0n) is 6.60. The monoisotopic (exact) mass is 327 g/mol. The van der Waals surface area contributed by atoms with Crippen molar-refractivity contribution in [3.63, 3.8) is 0 Å². The molecule has 13 heavy (non-hydrogen) atoms. The molecule has 0 aliphatic rings. The third-order valence-corrected chi connectivity index (χ3v) is 3.04. The maximum atomic E-state index is 9.51. The van der Waals surface area contributed by atoms with Gasteiger partial charge in [-0.1, -0.05) is 15.9 Å². The second kappa shape index (κ2) is 4.64. The van der Waals surface area contributed by atoms with Crippen molar-refractivity contribution < 1.29 is 5.11 Å². The van der Waals surface area contributed by atoms with E-state index in [9.17, 15) is 5.11 Å². The fourth-order valence-electron chi connectivity index (χ4n) is 0.963. The molecule has 5 heteroatoms. The van der Waals surface area contributed by atoms with Crippen molar-refractivity contribution in [2.45, 2.75) is 6.10 Å². The largest absolute Gasteiger partial charge is 0.398 e. The first-order chi connectivity index (χ1) is 6.06. The first-order valence-electron chi connectivity index (χ1n) is 3.54. The number of nitrogen functional groups attached to an aromatic ring is 1. The molecule has 0 heterocycles. The van der Waals surface area contributed by atoms with Gasteiger partial charge in [-0.2, -0.15) is 0 Å². The molecule has 1 rings (SSSR count). The minimum Gasteiger partial charge on any atom is -0.398 e. The summed E-state index contributed by atoms with van der Waals surface area (Å²) in [5.74, 6) is 0.132. The summed E-state index contributed by atoms with van der Waals surface area (Å²) in [6, 6.07) is 3.58. The van der Waals surface area contributed by atoms with E-state index >= 15 is 0 Å². The highest BCUT2D eigenvalue weighted by Gasteiger charge is 2.12.